The van der Waals surface area contributed by atoms with Gasteiger partial charge in [0.15, 0.2) is 0 Å². The summed E-state index contributed by atoms with van der Waals surface area (Å²) < 4.78 is 42.7. The van der Waals surface area contributed by atoms with Gasteiger partial charge in [-0.25, -0.2) is 0 Å². The van der Waals surface area contributed by atoms with E-state index in [0.29, 0.717) is 18.9 Å². The van der Waals surface area contributed by atoms with E-state index in [-0.39, 0.29) is 11.3 Å². The summed E-state index contributed by atoms with van der Waals surface area (Å²) in [6.07, 6.45) is -4.01. The molecule has 1 aromatic carbocycles. The topological polar surface area (TPSA) is 49.7 Å². The Balaban J connectivity index is 2.60. The van der Waals surface area contributed by atoms with Crippen LogP contribution in [0.3, 0.4) is 0 Å². The molecule has 0 atom stereocenters. The molecule has 0 aliphatic heterocycles. The fourth-order valence-electron chi connectivity index (χ4n) is 1.68. The van der Waals surface area contributed by atoms with Gasteiger partial charge in [-0.3, -0.25) is 0 Å². The van der Waals surface area contributed by atoms with Gasteiger partial charge < -0.3 is 14.9 Å². The SMILES string of the molecule is COc1cc(C(F)(F)F)c(O)c(C2(O)CC2)c1. The molecule has 1 aliphatic rings. The highest BCUT2D eigenvalue weighted by Crippen LogP contribution is 2.52. The number of aliphatic hydroxyl groups is 1. The van der Waals surface area contributed by atoms with E-state index >= 15 is 0 Å². The van der Waals surface area contributed by atoms with Gasteiger partial charge in [0.25, 0.3) is 0 Å². The lowest BCUT2D eigenvalue weighted by Gasteiger charge is -2.17. The first-order valence-corrected chi connectivity index (χ1v) is 4.99. The lowest BCUT2D eigenvalue weighted by Crippen LogP contribution is -2.11. The van der Waals surface area contributed by atoms with Crippen molar-refractivity contribution in [1.82, 2.24) is 0 Å². The van der Waals surface area contributed by atoms with Crippen LogP contribution in [0.4, 0.5) is 13.2 Å². The molecular weight excluding hydrogens is 237 g/mol. The number of phenols is 1. The average molecular weight is 248 g/mol. The highest BCUT2D eigenvalue weighted by molar-refractivity contribution is 5.51. The van der Waals surface area contributed by atoms with Crippen molar-refractivity contribution in [1.29, 1.82) is 0 Å². The minimum atomic E-state index is -4.68. The van der Waals surface area contributed by atoms with E-state index in [1.54, 1.807) is 0 Å². The smallest absolute Gasteiger partial charge is 0.420 e. The van der Waals surface area contributed by atoms with Gasteiger partial charge in [-0.15, -0.1) is 0 Å². The Hall–Kier alpha value is -1.43. The third-order valence-corrected chi connectivity index (χ3v) is 2.85. The van der Waals surface area contributed by atoms with E-state index in [0.717, 1.165) is 0 Å². The van der Waals surface area contributed by atoms with Crippen molar-refractivity contribution in [2.24, 2.45) is 0 Å². The zero-order valence-electron chi connectivity index (χ0n) is 9.01. The predicted molar refractivity (Wildman–Crippen MR) is 52.8 cm³/mol. The van der Waals surface area contributed by atoms with E-state index in [1.165, 1.54) is 13.2 Å². The number of hydrogen-bond donors (Lipinski definition) is 2. The number of aromatic hydroxyl groups is 1. The van der Waals surface area contributed by atoms with Gasteiger partial charge in [0, 0.05) is 5.56 Å². The second-order valence-corrected chi connectivity index (χ2v) is 4.10. The number of benzene rings is 1. The fourth-order valence-corrected chi connectivity index (χ4v) is 1.68. The summed E-state index contributed by atoms with van der Waals surface area (Å²) in [4.78, 5) is 0. The zero-order valence-corrected chi connectivity index (χ0v) is 9.01. The van der Waals surface area contributed by atoms with Crippen molar-refractivity contribution in [2.45, 2.75) is 24.6 Å². The molecule has 0 spiro atoms. The Kier molecular flexibility index (Phi) is 2.50. The quantitative estimate of drug-likeness (QED) is 0.844. The van der Waals surface area contributed by atoms with Gasteiger partial charge in [-0.05, 0) is 25.0 Å². The van der Waals surface area contributed by atoms with E-state index in [4.69, 9.17) is 4.74 Å². The van der Waals surface area contributed by atoms with Crippen LogP contribution in [-0.4, -0.2) is 17.3 Å². The number of phenolic OH excluding ortho intramolecular Hbond substituents is 1. The van der Waals surface area contributed by atoms with Gasteiger partial charge >= 0.3 is 6.18 Å². The molecule has 3 nitrogen and oxygen atoms in total. The van der Waals surface area contributed by atoms with Gasteiger partial charge in [0.2, 0.25) is 0 Å². The van der Waals surface area contributed by atoms with Crippen molar-refractivity contribution in [3.05, 3.63) is 23.3 Å². The van der Waals surface area contributed by atoms with Crippen molar-refractivity contribution in [2.75, 3.05) is 7.11 Å². The van der Waals surface area contributed by atoms with Crippen LogP contribution in [0.15, 0.2) is 12.1 Å². The number of methoxy groups -OCH3 is 1. The van der Waals surface area contributed by atoms with Gasteiger partial charge in [0.05, 0.1) is 12.7 Å². The van der Waals surface area contributed by atoms with E-state index in [1.807, 2.05) is 0 Å². The summed E-state index contributed by atoms with van der Waals surface area (Å²) in [5.74, 6) is -0.955. The van der Waals surface area contributed by atoms with Gasteiger partial charge in [-0.1, -0.05) is 0 Å². The molecule has 1 aromatic rings. The van der Waals surface area contributed by atoms with Crippen LogP contribution >= 0.6 is 0 Å². The van der Waals surface area contributed by atoms with Crippen LogP contribution in [0.25, 0.3) is 0 Å². The molecule has 0 bridgehead atoms. The Labute approximate surface area is 95.4 Å². The first-order chi connectivity index (χ1) is 7.78. The molecule has 17 heavy (non-hydrogen) atoms. The van der Waals surface area contributed by atoms with E-state index in [9.17, 15) is 23.4 Å². The Morgan fingerprint density at radius 2 is 1.88 bits per heavy atom. The molecule has 1 saturated carbocycles. The van der Waals surface area contributed by atoms with Crippen LogP contribution in [-0.2, 0) is 11.8 Å². The Morgan fingerprint density at radius 1 is 1.29 bits per heavy atom. The van der Waals surface area contributed by atoms with Crippen LogP contribution in [0.5, 0.6) is 11.5 Å². The second kappa shape index (κ2) is 3.53. The number of hydrogen-bond acceptors (Lipinski definition) is 3. The third kappa shape index (κ3) is 2.04. The summed E-state index contributed by atoms with van der Waals surface area (Å²) in [5.41, 5.74) is -2.66. The monoisotopic (exact) mass is 248 g/mol. The van der Waals surface area contributed by atoms with Crippen molar-refractivity contribution >= 4 is 0 Å². The first-order valence-electron chi connectivity index (χ1n) is 4.99. The van der Waals surface area contributed by atoms with E-state index < -0.39 is 23.1 Å². The zero-order chi connectivity index (χ0) is 12.8. The molecule has 2 N–H and O–H groups in total. The molecule has 0 aromatic heterocycles. The standard InChI is InChI=1S/C11H11F3O3/c1-17-6-4-7(10(16)2-3-10)9(15)8(5-6)11(12,13)14/h4-5,15-16H,2-3H2,1H3. The van der Waals surface area contributed by atoms with Crippen molar-refractivity contribution in [3.8, 4) is 11.5 Å². The average Bonchev–Trinajstić information content (AvgIpc) is 2.96. The van der Waals surface area contributed by atoms with Crippen LogP contribution in [0, 0.1) is 0 Å². The van der Waals surface area contributed by atoms with Gasteiger partial charge in [0.1, 0.15) is 17.1 Å². The molecule has 0 radical (unpaired) electrons. The van der Waals surface area contributed by atoms with Crippen molar-refractivity contribution in [3.63, 3.8) is 0 Å². The molecule has 6 heteroatoms. The lowest BCUT2D eigenvalue weighted by atomic mass is 10.0. The number of alkyl halides is 3. The molecule has 0 amide bonds. The predicted octanol–water partition coefficient (Wildman–Crippen LogP) is 2.40. The minimum Gasteiger partial charge on any atom is -0.507 e. The summed E-state index contributed by atoms with van der Waals surface area (Å²) in [6.45, 7) is 0. The number of rotatable bonds is 2. The molecule has 1 fully saturated rings. The maximum atomic E-state index is 12.7. The Bertz CT molecular complexity index is 424. The van der Waals surface area contributed by atoms with Crippen LogP contribution in [0.2, 0.25) is 0 Å². The minimum absolute atomic E-state index is 0.0366. The second-order valence-electron chi connectivity index (χ2n) is 4.10. The summed E-state index contributed by atoms with van der Waals surface area (Å²) in [5, 5.41) is 19.4. The summed E-state index contributed by atoms with van der Waals surface area (Å²) >= 11 is 0. The van der Waals surface area contributed by atoms with Gasteiger partial charge in [-0.2, -0.15) is 13.2 Å². The summed E-state index contributed by atoms with van der Waals surface area (Å²) in [7, 11) is 1.23. The molecule has 0 heterocycles. The third-order valence-electron chi connectivity index (χ3n) is 2.85. The normalized spacial score (nSPS) is 17.9. The number of ether oxygens (including phenoxy) is 1. The highest BCUT2D eigenvalue weighted by atomic mass is 19.4. The molecular formula is C11H11F3O3. The number of halogens is 3. The molecule has 0 unspecified atom stereocenters. The van der Waals surface area contributed by atoms with Crippen LogP contribution in [0.1, 0.15) is 24.0 Å². The molecule has 1 aliphatic carbocycles. The maximum Gasteiger partial charge on any atom is 0.420 e. The Morgan fingerprint density at radius 3 is 2.29 bits per heavy atom. The fraction of sp³-hybridized carbons (Fsp3) is 0.455. The molecule has 2 rings (SSSR count). The lowest BCUT2D eigenvalue weighted by molar-refractivity contribution is -0.139. The molecule has 94 valence electrons. The highest BCUT2D eigenvalue weighted by Gasteiger charge is 2.47. The first kappa shape index (κ1) is 12.0. The van der Waals surface area contributed by atoms with E-state index in [2.05, 4.69) is 0 Å². The largest absolute Gasteiger partial charge is 0.507 e. The van der Waals surface area contributed by atoms with Crippen LogP contribution < -0.4 is 4.74 Å². The van der Waals surface area contributed by atoms with Crippen molar-refractivity contribution < 1.29 is 28.1 Å². The summed E-state index contributed by atoms with van der Waals surface area (Å²) in [6, 6.07) is 1.95. The molecule has 0 saturated heterocycles. The maximum absolute atomic E-state index is 12.7.